The number of hydrogen-bond acceptors (Lipinski definition) is 2. The van der Waals surface area contributed by atoms with Gasteiger partial charge in [-0.05, 0) is 23.8 Å². The number of nitrogens with two attached hydrogens (primary N) is 1. The van der Waals surface area contributed by atoms with Gasteiger partial charge < -0.3 is 5.73 Å². The maximum absolute atomic E-state index is 13.4. The van der Waals surface area contributed by atoms with Crippen LogP contribution in [0.4, 0.5) is 8.78 Å². The van der Waals surface area contributed by atoms with Gasteiger partial charge in [0.25, 0.3) is 0 Å². The second kappa shape index (κ2) is 3.87. The number of benzene rings is 1. The standard InChI is InChI=1S/C10H11F2NS/c11-8-2-1-6-7(10(8)12)5-14-4-3-9(6)13/h1-2,9H,3-5,13H2. The van der Waals surface area contributed by atoms with Crippen LogP contribution in [-0.2, 0) is 5.75 Å². The van der Waals surface area contributed by atoms with E-state index in [-0.39, 0.29) is 6.04 Å². The van der Waals surface area contributed by atoms with Crippen molar-refractivity contribution in [1.82, 2.24) is 0 Å². The van der Waals surface area contributed by atoms with Crippen LogP contribution < -0.4 is 5.73 Å². The smallest absolute Gasteiger partial charge is 0.163 e. The molecule has 0 saturated carbocycles. The van der Waals surface area contributed by atoms with Gasteiger partial charge in [-0.25, -0.2) is 8.78 Å². The molecule has 1 aliphatic heterocycles. The molecule has 1 atom stereocenters. The summed E-state index contributed by atoms with van der Waals surface area (Å²) in [5.41, 5.74) is 7.07. The van der Waals surface area contributed by atoms with Crippen LogP contribution in [0.15, 0.2) is 12.1 Å². The van der Waals surface area contributed by atoms with Crippen molar-refractivity contribution in [3.8, 4) is 0 Å². The molecule has 1 aliphatic rings. The second-order valence-electron chi connectivity index (χ2n) is 3.38. The molecule has 0 radical (unpaired) electrons. The summed E-state index contributed by atoms with van der Waals surface area (Å²) in [4.78, 5) is 0. The quantitative estimate of drug-likeness (QED) is 0.720. The van der Waals surface area contributed by atoms with E-state index in [1.807, 2.05) is 0 Å². The lowest BCUT2D eigenvalue weighted by molar-refractivity contribution is 0.498. The third-order valence-electron chi connectivity index (χ3n) is 2.45. The largest absolute Gasteiger partial charge is 0.324 e. The molecule has 14 heavy (non-hydrogen) atoms. The predicted molar refractivity (Wildman–Crippen MR) is 54.1 cm³/mol. The van der Waals surface area contributed by atoms with Gasteiger partial charge in [0, 0.05) is 17.4 Å². The predicted octanol–water partition coefficient (Wildman–Crippen LogP) is 2.60. The monoisotopic (exact) mass is 215 g/mol. The number of halogens is 2. The summed E-state index contributed by atoms with van der Waals surface area (Å²) in [7, 11) is 0. The summed E-state index contributed by atoms with van der Waals surface area (Å²) in [6.07, 6.45) is 0.822. The lowest BCUT2D eigenvalue weighted by Gasteiger charge is -2.12. The molecular formula is C10H11F2NS. The van der Waals surface area contributed by atoms with Crippen molar-refractivity contribution in [2.75, 3.05) is 5.75 Å². The van der Waals surface area contributed by atoms with Crippen molar-refractivity contribution in [3.05, 3.63) is 34.9 Å². The summed E-state index contributed by atoms with van der Waals surface area (Å²) in [6.45, 7) is 0. The summed E-state index contributed by atoms with van der Waals surface area (Å²) in [6, 6.07) is 2.60. The molecule has 0 bridgehead atoms. The van der Waals surface area contributed by atoms with E-state index in [1.54, 1.807) is 17.8 Å². The normalized spacial score (nSPS) is 21.5. The van der Waals surface area contributed by atoms with E-state index in [0.29, 0.717) is 11.3 Å². The number of thioether (sulfide) groups is 1. The average Bonchev–Trinajstić information content (AvgIpc) is 2.35. The molecule has 0 aromatic heterocycles. The van der Waals surface area contributed by atoms with Crippen LogP contribution in [0.5, 0.6) is 0 Å². The Bertz CT molecular complexity index is 354. The summed E-state index contributed by atoms with van der Waals surface area (Å²) >= 11 is 1.60. The fourth-order valence-corrected chi connectivity index (χ4v) is 2.70. The zero-order valence-corrected chi connectivity index (χ0v) is 8.41. The van der Waals surface area contributed by atoms with E-state index in [9.17, 15) is 8.78 Å². The molecule has 1 heterocycles. The molecule has 1 nitrogen and oxygen atoms in total. The number of rotatable bonds is 0. The van der Waals surface area contributed by atoms with E-state index in [0.717, 1.165) is 23.8 Å². The Morgan fingerprint density at radius 3 is 2.93 bits per heavy atom. The van der Waals surface area contributed by atoms with Gasteiger partial charge in [0.1, 0.15) is 0 Å². The molecule has 76 valence electrons. The van der Waals surface area contributed by atoms with Gasteiger partial charge >= 0.3 is 0 Å². The van der Waals surface area contributed by atoms with Crippen molar-refractivity contribution in [3.63, 3.8) is 0 Å². The lowest BCUT2D eigenvalue weighted by atomic mass is 9.99. The fraction of sp³-hybridized carbons (Fsp3) is 0.400. The Morgan fingerprint density at radius 2 is 2.14 bits per heavy atom. The molecule has 1 unspecified atom stereocenters. The van der Waals surface area contributed by atoms with Gasteiger partial charge in [0.15, 0.2) is 11.6 Å². The van der Waals surface area contributed by atoms with Crippen molar-refractivity contribution in [2.45, 2.75) is 18.2 Å². The van der Waals surface area contributed by atoms with Crippen molar-refractivity contribution >= 4 is 11.8 Å². The van der Waals surface area contributed by atoms with Crippen molar-refractivity contribution in [2.24, 2.45) is 5.73 Å². The minimum Gasteiger partial charge on any atom is -0.324 e. The first-order valence-electron chi connectivity index (χ1n) is 4.50. The molecule has 0 aliphatic carbocycles. The minimum atomic E-state index is -0.779. The lowest BCUT2D eigenvalue weighted by Crippen LogP contribution is -2.12. The van der Waals surface area contributed by atoms with Crippen LogP contribution in [0, 0.1) is 11.6 Å². The summed E-state index contributed by atoms with van der Waals surface area (Å²) in [5, 5.41) is 0. The Kier molecular flexibility index (Phi) is 2.74. The highest BCUT2D eigenvalue weighted by molar-refractivity contribution is 7.98. The fourth-order valence-electron chi connectivity index (χ4n) is 1.64. The Labute approximate surface area is 85.7 Å². The van der Waals surface area contributed by atoms with Gasteiger partial charge in [0.2, 0.25) is 0 Å². The molecule has 0 amide bonds. The number of fused-ring (bicyclic) bond motifs is 1. The first kappa shape index (κ1) is 9.93. The molecule has 1 aromatic carbocycles. The molecule has 0 fully saturated rings. The van der Waals surface area contributed by atoms with E-state index < -0.39 is 11.6 Å². The first-order valence-corrected chi connectivity index (χ1v) is 5.65. The zero-order valence-electron chi connectivity index (χ0n) is 7.59. The van der Waals surface area contributed by atoms with Gasteiger partial charge in [-0.3, -0.25) is 0 Å². The van der Waals surface area contributed by atoms with Crippen LogP contribution in [0.3, 0.4) is 0 Å². The topological polar surface area (TPSA) is 26.0 Å². The van der Waals surface area contributed by atoms with E-state index >= 15 is 0 Å². The van der Waals surface area contributed by atoms with Crippen LogP contribution in [0.25, 0.3) is 0 Å². The van der Waals surface area contributed by atoms with Crippen LogP contribution in [0.1, 0.15) is 23.6 Å². The highest BCUT2D eigenvalue weighted by atomic mass is 32.2. The molecule has 1 aromatic rings. The first-order chi connectivity index (χ1) is 6.70. The van der Waals surface area contributed by atoms with Crippen molar-refractivity contribution < 1.29 is 8.78 Å². The Hall–Kier alpha value is -0.610. The van der Waals surface area contributed by atoms with Crippen LogP contribution >= 0.6 is 11.8 Å². The molecule has 2 N–H and O–H groups in total. The average molecular weight is 215 g/mol. The van der Waals surface area contributed by atoms with Crippen LogP contribution in [-0.4, -0.2) is 5.75 Å². The van der Waals surface area contributed by atoms with E-state index in [1.165, 1.54) is 0 Å². The maximum atomic E-state index is 13.4. The van der Waals surface area contributed by atoms with Gasteiger partial charge in [-0.2, -0.15) is 11.8 Å². The minimum absolute atomic E-state index is 0.157. The molecule has 2 rings (SSSR count). The number of hydrogen-bond donors (Lipinski definition) is 1. The van der Waals surface area contributed by atoms with E-state index in [4.69, 9.17) is 5.73 Å². The van der Waals surface area contributed by atoms with Crippen LogP contribution in [0.2, 0.25) is 0 Å². The molecular weight excluding hydrogens is 204 g/mol. The Morgan fingerprint density at radius 1 is 1.36 bits per heavy atom. The summed E-state index contributed by atoms with van der Waals surface area (Å²) in [5.74, 6) is -0.0883. The summed E-state index contributed by atoms with van der Waals surface area (Å²) < 4.78 is 26.3. The third-order valence-corrected chi connectivity index (χ3v) is 3.47. The van der Waals surface area contributed by atoms with Gasteiger partial charge in [0.05, 0.1) is 0 Å². The molecule has 4 heteroatoms. The maximum Gasteiger partial charge on any atom is 0.163 e. The zero-order chi connectivity index (χ0) is 10.1. The highest BCUT2D eigenvalue weighted by Gasteiger charge is 2.20. The highest BCUT2D eigenvalue weighted by Crippen LogP contribution is 2.31. The van der Waals surface area contributed by atoms with E-state index in [2.05, 4.69) is 0 Å². The third kappa shape index (κ3) is 1.64. The SMILES string of the molecule is NC1CCSCc2c1ccc(F)c2F. The second-order valence-corrected chi connectivity index (χ2v) is 4.48. The van der Waals surface area contributed by atoms with Crippen molar-refractivity contribution in [1.29, 1.82) is 0 Å². The van der Waals surface area contributed by atoms with Gasteiger partial charge in [-0.1, -0.05) is 6.07 Å². The molecule has 0 saturated heterocycles. The Balaban J connectivity index is 2.53. The van der Waals surface area contributed by atoms with Gasteiger partial charge in [-0.15, -0.1) is 0 Å². The molecule has 0 spiro atoms.